The number of rotatable bonds is 4. The van der Waals surface area contributed by atoms with Crippen LogP contribution in [-0.4, -0.2) is 24.5 Å². The first kappa shape index (κ1) is 15.8. The highest BCUT2D eigenvalue weighted by Crippen LogP contribution is 2.31. The van der Waals surface area contributed by atoms with Gasteiger partial charge in [-0.15, -0.1) is 0 Å². The van der Waals surface area contributed by atoms with Gasteiger partial charge in [-0.3, -0.25) is 4.90 Å². The molecule has 1 fully saturated rings. The number of benzene rings is 1. The van der Waals surface area contributed by atoms with E-state index in [1.807, 2.05) is 6.92 Å². The van der Waals surface area contributed by atoms with Crippen molar-refractivity contribution >= 4 is 11.6 Å². The summed E-state index contributed by atoms with van der Waals surface area (Å²) >= 11 is 6.26. The molecular weight excluding hydrogens is 268 g/mol. The van der Waals surface area contributed by atoms with Crippen LogP contribution < -0.4 is 5.73 Å². The quantitative estimate of drug-likeness (QED) is 0.909. The fourth-order valence-electron chi connectivity index (χ4n) is 3.21. The molecule has 0 saturated carbocycles. The van der Waals surface area contributed by atoms with Crippen LogP contribution in [0.2, 0.25) is 5.02 Å². The largest absolute Gasteiger partial charge is 0.329 e. The van der Waals surface area contributed by atoms with Gasteiger partial charge in [-0.1, -0.05) is 37.6 Å². The summed E-state index contributed by atoms with van der Waals surface area (Å²) in [6, 6.07) is 6.67. The van der Waals surface area contributed by atoms with Crippen molar-refractivity contribution in [1.82, 2.24) is 4.90 Å². The molecule has 1 saturated heterocycles. The van der Waals surface area contributed by atoms with Crippen molar-refractivity contribution in [3.8, 4) is 0 Å². The van der Waals surface area contributed by atoms with E-state index in [-0.39, 0.29) is 0 Å². The van der Waals surface area contributed by atoms with Crippen LogP contribution in [0.1, 0.15) is 43.9 Å². The van der Waals surface area contributed by atoms with E-state index in [9.17, 15) is 0 Å². The molecule has 1 heterocycles. The number of nitrogens with two attached hydrogens (primary N) is 1. The smallest absolute Gasteiger partial charge is 0.0470 e. The van der Waals surface area contributed by atoms with Crippen LogP contribution >= 0.6 is 11.6 Å². The second-order valence-electron chi connectivity index (χ2n) is 6.38. The molecule has 1 atom stereocenters. The summed E-state index contributed by atoms with van der Waals surface area (Å²) in [5.74, 6) is 1.66. The van der Waals surface area contributed by atoms with Gasteiger partial charge in [0.05, 0.1) is 0 Å². The summed E-state index contributed by atoms with van der Waals surface area (Å²) in [7, 11) is 0. The number of likely N-dealkylation sites (tertiary alicyclic amines) is 1. The minimum Gasteiger partial charge on any atom is -0.329 e. The lowest BCUT2D eigenvalue weighted by Crippen LogP contribution is -2.40. The lowest BCUT2D eigenvalue weighted by atomic mass is 9.86. The van der Waals surface area contributed by atoms with Crippen LogP contribution in [0.3, 0.4) is 0 Å². The molecule has 1 aliphatic rings. The average molecular weight is 295 g/mol. The van der Waals surface area contributed by atoms with Crippen molar-refractivity contribution in [2.45, 2.75) is 39.7 Å². The molecule has 2 N–H and O–H groups in total. The Morgan fingerprint density at radius 3 is 2.45 bits per heavy atom. The summed E-state index contributed by atoms with van der Waals surface area (Å²) in [5.41, 5.74) is 8.42. The maximum Gasteiger partial charge on any atom is 0.0470 e. The van der Waals surface area contributed by atoms with Crippen molar-refractivity contribution in [2.75, 3.05) is 19.6 Å². The highest BCUT2D eigenvalue weighted by molar-refractivity contribution is 6.31. The Kier molecular flexibility index (Phi) is 5.48. The van der Waals surface area contributed by atoms with Crippen molar-refractivity contribution in [3.05, 3.63) is 34.3 Å². The van der Waals surface area contributed by atoms with Crippen molar-refractivity contribution in [1.29, 1.82) is 0 Å². The molecule has 2 rings (SSSR count). The first-order chi connectivity index (χ1) is 9.52. The lowest BCUT2D eigenvalue weighted by molar-refractivity contribution is 0.117. The van der Waals surface area contributed by atoms with E-state index in [4.69, 9.17) is 17.3 Å². The summed E-state index contributed by atoms with van der Waals surface area (Å²) in [4.78, 5) is 2.53. The van der Waals surface area contributed by atoms with Gasteiger partial charge < -0.3 is 5.73 Å². The Morgan fingerprint density at radius 2 is 1.95 bits per heavy atom. The molecule has 0 spiro atoms. The predicted molar refractivity (Wildman–Crippen MR) is 87.1 cm³/mol. The van der Waals surface area contributed by atoms with Crippen LogP contribution in [0, 0.1) is 18.8 Å². The Labute approximate surface area is 128 Å². The molecule has 1 unspecified atom stereocenters. The van der Waals surface area contributed by atoms with Crippen LogP contribution in [0.15, 0.2) is 18.2 Å². The van der Waals surface area contributed by atoms with Crippen molar-refractivity contribution < 1.29 is 0 Å². The zero-order chi connectivity index (χ0) is 14.7. The average Bonchev–Trinajstić information content (AvgIpc) is 2.44. The molecule has 20 heavy (non-hydrogen) atoms. The van der Waals surface area contributed by atoms with Crippen LogP contribution in [0.25, 0.3) is 0 Å². The molecular formula is C17H27ClN2. The molecule has 3 heteroatoms. The molecule has 1 aromatic rings. The van der Waals surface area contributed by atoms with Gasteiger partial charge in [0.15, 0.2) is 0 Å². The van der Waals surface area contributed by atoms with E-state index < -0.39 is 0 Å². The van der Waals surface area contributed by atoms with E-state index >= 15 is 0 Å². The number of hydrogen-bond donors (Lipinski definition) is 1. The molecule has 2 nitrogen and oxygen atoms in total. The molecule has 112 valence electrons. The third-order valence-corrected chi connectivity index (χ3v) is 5.17. The van der Waals surface area contributed by atoms with Gasteiger partial charge in [0, 0.05) is 17.6 Å². The third kappa shape index (κ3) is 3.55. The maximum atomic E-state index is 6.26. The first-order valence-corrected chi connectivity index (χ1v) is 8.11. The van der Waals surface area contributed by atoms with Gasteiger partial charge in [0.2, 0.25) is 0 Å². The third-order valence-electron chi connectivity index (χ3n) is 4.76. The minimum absolute atomic E-state index is 0.307. The fraction of sp³-hybridized carbons (Fsp3) is 0.647. The van der Waals surface area contributed by atoms with Gasteiger partial charge >= 0.3 is 0 Å². The summed E-state index contributed by atoms with van der Waals surface area (Å²) in [5, 5.41) is 0.845. The predicted octanol–water partition coefficient (Wildman–Crippen LogP) is 4.02. The molecule has 1 aromatic carbocycles. The van der Waals surface area contributed by atoms with Crippen molar-refractivity contribution in [3.63, 3.8) is 0 Å². The number of hydrogen-bond acceptors (Lipinski definition) is 2. The number of halogens is 1. The summed E-state index contributed by atoms with van der Waals surface area (Å²) in [6.07, 6.45) is 2.57. The number of piperidine rings is 1. The zero-order valence-corrected chi connectivity index (χ0v) is 13.7. The molecule has 0 aromatic heterocycles. The minimum atomic E-state index is 0.307. The standard InChI is InChI=1S/C17H27ClN2/c1-12(2)14-6-8-20(9-7-14)17(11-19)15-5-4-13(3)16(18)10-15/h4-5,10,12,14,17H,6-9,11,19H2,1-3H3. The van der Waals surface area contributed by atoms with Crippen LogP contribution in [-0.2, 0) is 0 Å². The first-order valence-electron chi connectivity index (χ1n) is 7.73. The van der Waals surface area contributed by atoms with Gasteiger partial charge in [0.25, 0.3) is 0 Å². The monoisotopic (exact) mass is 294 g/mol. The van der Waals surface area contributed by atoms with Gasteiger partial charge in [-0.05, 0) is 61.9 Å². The van der Waals surface area contributed by atoms with E-state index in [0.717, 1.165) is 35.5 Å². The molecule has 0 radical (unpaired) electrons. The van der Waals surface area contributed by atoms with Gasteiger partial charge in [-0.2, -0.15) is 0 Å². The number of aryl methyl sites for hydroxylation is 1. The van der Waals surface area contributed by atoms with Crippen molar-refractivity contribution in [2.24, 2.45) is 17.6 Å². The highest BCUT2D eigenvalue weighted by atomic mass is 35.5. The Morgan fingerprint density at radius 1 is 1.30 bits per heavy atom. The second kappa shape index (κ2) is 6.93. The van der Waals surface area contributed by atoms with E-state index in [1.54, 1.807) is 0 Å². The Bertz CT molecular complexity index is 437. The highest BCUT2D eigenvalue weighted by Gasteiger charge is 2.26. The second-order valence-corrected chi connectivity index (χ2v) is 6.78. The summed E-state index contributed by atoms with van der Waals surface area (Å²) in [6.45, 7) is 9.66. The topological polar surface area (TPSA) is 29.3 Å². The van der Waals surface area contributed by atoms with Crippen LogP contribution in [0.4, 0.5) is 0 Å². The number of nitrogens with zero attached hydrogens (tertiary/aromatic N) is 1. The molecule has 0 amide bonds. The molecule has 0 bridgehead atoms. The SMILES string of the molecule is Cc1ccc(C(CN)N2CCC(C(C)C)CC2)cc1Cl. The van der Waals surface area contributed by atoms with E-state index in [2.05, 4.69) is 36.9 Å². The lowest BCUT2D eigenvalue weighted by Gasteiger charge is -2.38. The van der Waals surface area contributed by atoms with Crippen LogP contribution in [0.5, 0.6) is 0 Å². The Hall–Kier alpha value is -0.570. The van der Waals surface area contributed by atoms with Gasteiger partial charge in [0.1, 0.15) is 0 Å². The van der Waals surface area contributed by atoms with E-state index in [1.165, 1.54) is 18.4 Å². The Balaban J connectivity index is 2.07. The molecule has 0 aliphatic carbocycles. The maximum absolute atomic E-state index is 6.26. The fourth-order valence-corrected chi connectivity index (χ4v) is 3.40. The van der Waals surface area contributed by atoms with E-state index in [0.29, 0.717) is 12.6 Å². The molecule has 1 aliphatic heterocycles. The van der Waals surface area contributed by atoms with Gasteiger partial charge in [-0.25, -0.2) is 0 Å². The summed E-state index contributed by atoms with van der Waals surface area (Å²) < 4.78 is 0. The zero-order valence-electron chi connectivity index (χ0n) is 12.9. The normalized spacial score (nSPS) is 19.5.